The molecule has 6 nitrogen and oxygen atoms in total. The van der Waals surface area contributed by atoms with Crippen LogP contribution in [0.3, 0.4) is 0 Å². The van der Waals surface area contributed by atoms with Gasteiger partial charge in [0.2, 0.25) is 5.91 Å². The van der Waals surface area contributed by atoms with Crippen LogP contribution in [0.5, 0.6) is 0 Å². The number of amides is 1. The van der Waals surface area contributed by atoms with Crippen LogP contribution >= 0.6 is 11.3 Å². The van der Waals surface area contributed by atoms with E-state index in [9.17, 15) is 4.79 Å². The number of thiazole rings is 1. The molecule has 1 amide bonds. The van der Waals surface area contributed by atoms with Crippen molar-refractivity contribution in [2.24, 2.45) is 5.92 Å². The lowest BCUT2D eigenvalue weighted by molar-refractivity contribution is -0.135. The first-order valence-corrected chi connectivity index (χ1v) is 8.74. The lowest BCUT2D eigenvalue weighted by atomic mass is 10.1. The van der Waals surface area contributed by atoms with Gasteiger partial charge in [0.1, 0.15) is 5.69 Å². The molecule has 1 aliphatic rings. The molecule has 0 saturated carbocycles. The Kier molecular flexibility index (Phi) is 4.56. The topological polar surface area (TPSA) is 71.0 Å². The molecule has 0 aliphatic carbocycles. The van der Waals surface area contributed by atoms with Gasteiger partial charge in [0.25, 0.3) is 0 Å². The van der Waals surface area contributed by atoms with Crippen LogP contribution in [0.2, 0.25) is 0 Å². The van der Waals surface area contributed by atoms with Gasteiger partial charge < -0.3 is 10.2 Å². The van der Waals surface area contributed by atoms with Gasteiger partial charge in [0.05, 0.1) is 11.7 Å². The third-order valence-electron chi connectivity index (χ3n) is 3.92. The Balaban J connectivity index is 1.88. The zero-order valence-electron chi connectivity index (χ0n) is 13.6. The van der Waals surface area contributed by atoms with Gasteiger partial charge in [-0.25, -0.2) is 9.97 Å². The largest absolute Gasteiger partial charge is 0.334 e. The third kappa shape index (κ3) is 3.34. The first-order valence-electron chi connectivity index (χ1n) is 7.87. The summed E-state index contributed by atoms with van der Waals surface area (Å²) in [7, 11) is 0. The summed E-state index contributed by atoms with van der Waals surface area (Å²) in [4.78, 5) is 27.7. The predicted octanol–water partition coefficient (Wildman–Crippen LogP) is 3.30. The highest BCUT2D eigenvalue weighted by atomic mass is 32.1. The highest BCUT2D eigenvalue weighted by molar-refractivity contribution is 7.13. The number of nitrogens with zero attached hydrogens (tertiary/aromatic N) is 4. The number of rotatable bonds is 4. The van der Waals surface area contributed by atoms with Crippen molar-refractivity contribution in [2.75, 3.05) is 11.9 Å². The third-order valence-corrected chi connectivity index (χ3v) is 4.79. The molecule has 0 bridgehead atoms. The molecule has 1 fully saturated rings. The predicted molar refractivity (Wildman–Crippen MR) is 90.7 cm³/mol. The smallest absolute Gasteiger partial charge is 0.225 e. The minimum Gasteiger partial charge on any atom is -0.334 e. The van der Waals surface area contributed by atoms with Crippen LogP contribution < -0.4 is 5.32 Å². The molecule has 0 spiro atoms. The zero-order chi connectivity index (χ0) is 16.4. The minimum absolute atomic E-state index is 0.00899. The summed E-state index contributed by atoms with van der Waals surface area (Å²) in [6, 6.07) is -0.0119. The van der Waals surface area contributed by atoms with Gasteiger partial charge in [0.15, 0.2) is 10.9 Å². The van der Waals surface area contributed by atoms with E-state index in [1.807, 2.05) is 31.1 Å². The van der Waals surface area contributed by atoms with Crippen LogP contribution in [0.4, 0.5) is 10.9 Å². The fraction of sp³-hybridized carbons (Fsp3) is 0.500. The molecule has 3 heterocycles. The normalized spacial score (nSPS) is 17.7. The number of likely N-dealkylation sites (tertiary alicyclic amines) is 1. The van der Waals surface area contributed by atoms with Crippen molar-refractivity contribution in [3.63, 3.8) is 0 Å². The second-order valence-corrected chi connectivity index (χ2v) is 6.91. The fourth-order valence-electron chi connectivity index (χ4n) is 2.85. The van der Waals surface area contributed by atoms with Crippen molar-refractivity contribution in [1.82, 2.24) is 19.9 Å². The maximum atomic E-state index is 12.4. The molecular weight excluding hydrogens is 310 g/mol. The lowest BCUT2D eigenvalue weighted by Gasteiger charge is -2.26. The van der Waals surface area contributed by atoms with Gasteiger partial charge in [-0.15, -0.1) is 11.3 Å². The minimum atomic E-state index is -0.0119. The Bertz CT molecular complexity index is 699. The van der Waals surface area contributed by atoms with E-state index >= 15 is 0 Å². The van der Waals surface area contributed by atoms with Crippen molar-refractivity contribution in [2.45, 2.75) is 39.7 Å². The summed E-state index contributed by atoms with van der Waals surface area (Å²) in [6.07, 6.45) is 5.26. The highest BCUT2D eigenvalue weighted by Gasteiger charge is 2.33. The average molecular weight is 331 g/mol. The van der Waals surface area contributed by atoms with E-state index in [1.54, 1.807) is 12.4 Å². The van der Waals surface area contributed by atoms with E-state index in [1.165, 1.54) is 11.3 Å². The van der Waals surface area contributed by atoms with Gasteiger partial charge >= 0.3 is 0 Å². The monoisotopic (exact) mass is 331 g/mol. The van der Waals surface area contributed by atoms with Crippen molar-refractivity contribution < 1.29 is 4.79 Å². The van der Waals surface area contributed by atoms with Gasteiger partial charge in [-0.05, 0) is 19.8 Å². The van der Waals surface area contributed by atoms with Crippen LogP contribution in [0, 0.1) is 12.8 Å². The van der Waals surface area contributed by atoms with E-state index in [4.69, 9.17) is 0 Å². The van der Waals surface area contributed by atoms with Crippen molar-refractivity contribution in [3.05, 3.63) is 29.2 Å². The summed E-state index contributed by atoms with van der Waals surface area (Å²) in [6.45, 7) is 6.62. The van der Waals surface area contributed by atoms with Gasteiger partial charge in [0, 0.05) is 30.2 Å². The van der Waals surface area contributed by atoms with E-state index in [2.05, 4.69) is 20.3 Å². The average Bonchev–Trinajstić information content (AvgIpc) is 3.16. The number of nitrogens with one attached hydrogen (secondary N) is 1. The maximum absolute atomic E-state index is 12.4. The molecule has 1 atom stereocenters. The molecule has 1 aliphatic heterocycles. The molecule has 122 valence electrons. The van der Waals surface area contributed by atoms with Crippen LogP contribution in [-0.2, 0) is 4.79 Å². The molecule has 0 aromatic carbocycles. The molecule has 3 rings (SSSR count). The van der Waals surface area contributed by atoms with E-state index in [-0.39, 0.29) is 17.9 Å². The second kappa shape index (κ2) is 6.62. The summed E-state index contributed by atoms with van der Waals surface area (Å²) < 4.78 is 0. The van der Waals surface area contributed by atoms with Gasteiger partial charge in [-0.3, -0.25) is 9.78 Å². The number of hydrogen-bond donors (Lipinski definition) is 1. The molecule has 0 radical (unpaired) electrons. The first kappa shape index (κ1) is 15.9. The van der Waals surface area contributed by atoms with Gasteiger partial charge in [-0.2, -0.15) is 0 Å². The van der Waals surface area contributed by atoms with Crippen molar-refractivity contribution >= 4 is 28.2 Å². The Morgan fingerprint density at radius 3 is 2.87 bits per heavy atom. The number of aromatic nitrogens is 3. The quantitative estimate of drug-likeness (QED) is 0.930. The second-order valence-electron chi connectivity index (χ2n) is 6.05. The van der Waals surface area contributed by atoms with Crippen LogP contribution in [0.1, 0.15) is 44.1 Å². The zero-order valence-corrected chi connectivity index (χ0v) is 14.4. The number of carbonyl (C=O) groups excluding carboxylic acids is 1. The first-order chi connectivity index (χ1) is 11.1. The van der Waals surface area contributed by atoms with Crippen molar-refractivity contribution in [3.8, 4) is 0 Å². The Hall–Kier alpha value is -2.02. The van der Waals surface area contributed by atoms with Crippen LogP contribution in [-0.4, -0.2) is 32.3 Å². The van der Waals surface area contributed by atoms with E-state index in [0.29, 0.717) is 5.82 Å². The Morgan fingerprint density at radius 1 is 1.39 bits per heavy atom. The SMILES string of the molecule is Cc1csc(Nc2nccnc2C2CCCN2C(=O)C(C)C)n1. The molecule has 1 N–H and O–H groups in total. The molecular formula is C16H21N5OS. The fourth-order valence-corrected chi connectivity index (χ4v) is 3.54. The summed E-state index contributed by atoms with van der Waals surface area (Å²) in [5, 5.41) is 6.04. The standard InChI is InChI=1S/C16H21N5OS/c1-10(2)15(22)21-8-4-5-12(21)13-14(18-7-6-17-13)20-16-19-11(3)9-23-16/h6-7,9-10,12H,4-5,8H2,1-3H3,(H,18,19,20). The summed E-state index contributed by atoms with van der Waals surface area (Å²) in [5.74, 6) is 0.856. The number of carbonyl (C=O) groups is 1. The van der Waals surface area contributed by atoms with Crippen LogP contribution in [0.25, 0.3) is 0 Å². The molecule has 23 heavy (non-hydrogen) atoms. The molecule has 1 unspecified atom stereocenters. The summed E-state index contributed by atoms with van der Waals surface area (Å²) >= 11 is 1.54. The van der Waals surface area contributed by atoms with Crippen LogP contribution in [0.15, 0.2) is 17.8 Å². The van der Waals surface area contributed by atoms with Crippen molar-refractivity contribution in [1.29, 1.82) is 0 Å². The van der Waals surface area contributed by atoms with Gasteiger partial charge in [-0.1, -0.05) is 13.8 Å². The number of aryl methyl sites for hydroxylation is 1. The molecule has 7 heteroatoms. The van der Waals surface area contributed by atoms with E-state index in [0.717, 1.165) is 35.9 Å². The molecule has 2 aromatic rings. The Labute approximate surface area is 140 Å². The Morgan fingerprint density at radius 2 is 2.17 bits per heavy atom. The highest BCUT2D eigenvalue weighted by Crippen LogP contribution is 2.35. The summed E-state index contributed by atoms with van der Waals surface area (Å²) in [5.41, 5.74) is 1.80. The lowest BCUT2D eigenvalue weighted by Crippen LogP contribution is -2.34. The van der Waals surface area contributed by atoms with E-state index < -0.39 is 0 Å². The number of anilines is 2. The number of hydrogen-bond acceptors (Lipinski definition) is 6. The molecule has 1 saturated heterocycles. The maximum Gasteiger partial charge on any atom is 0.225 e. The molecule has 2 aromatic heterocycles.